The van der Waals surface area contributed by atoms with Crippen molar-refractivity contribution in [3.05, 3.63) is 47.8 Å². The fraction of sp³-hybridized carbons (Fsp3) is 0.429. The molecule has 0 bridgehead atoms. The number of carbonyl (C=O) groups excluding carboxylic acids is 1. The topological polar surface area (TPSA) is 66.6 Å². The number of nitrogens with zero attached hydrogens (tertiary/aromatic N) is 3. The normalized spacial score (nSPS) is 21.0. The van der Waals surface area contributed by atoms with Crippen LogP contribution in [0.15, 0.2) is 36.7 Å². The number of halogens is 1. The van der Waals surface area contributed by atoms with Crippen LogP contribution < -0.4 is 0 Å². The number of benzene rings is 1. The lowest BCUT2D eigenvalue weighted by atomic mass is 9.78. The van der Waals surface area contributed by atoms with E-state index < -0.39 is 0 Å². The van der Waals surface area contributed by atoms with Gasteiger partial charge in [0.1, 0.15) is 5.78 Å². The Hall–Kier alpha value is -2.25. The third-order valence-electron chi connectivity index (χ3n) is 5.27. The van der Waals surface area contributed by atoms with E-state index in [0.717, 1.165) is 43.2 Å². The average molecular weight is 368 g/mol. The van der Waals surface area contributed by atoms with E-state index >= 15 is 0 Å². The quantitative estimate of drug-likeness (QED) is 0.726. The summed E-state index contributed by atoms with van der Waals surface area (Å²) in [5, 5.41) is 8.91. The Morgan fingerprint density at radius 1 is 1.19 bits per heavy atom. The van der Waals surface area contributed by atoms with Crippen LogP contribution >= 0.6 is 11.6 Å². The van der Waals surface area contributed by atoms with Crippen LogP contribution in [0.2, 0.25) is 0 Å². The number of rotatable bonds is 5. The molecule has 1 aliphatic rings. The molecule has 0 aliphatic heterocycles. The van der Waals surface area contributed by atoms with Gasteiger partial charge in [0, 0.05) is 29.3 Å². The van der Waals surface area contributed by atoms with Gasteiger partial charge in [-0.25, -0.2) is 9.97 Å². The summed E-state index contributed by atoms with van der Waals surface area (Å²) in [6.45, 7) is 1.69. The number of hydrogen-bond acceptors (Lipinski definition) is 4. The standard InChI is InChI=1S/C21H22ClN3O/c1-14(26)17-6-8-18(9-7-17)20(22)10-16-12-24-21(25-13-16)19-4-2-15(11-23)3-5-19/h2-5,12-13,17-18,20H,6-10H2,1H3. The zero-order chi connectivity index (χ0) is 18.5. The van der Waals surface area contributed by atoms with E-state index in [-0.39, 0.29) is 11.3 Å². The summed E-state index contributed by atoms with van der Waals surface area (Å²) in [5.74, 6) is 1.63. The summed E-state index contributed by atoms with van der Waals surface area (Å²) in [6.07, 6.45) is 8.35. The molecule has 1 atom stereocenters. The highest BCUT2D eigenvalue weighted by molar-refractivity contribution is 6.20. The van der Waals surface area contributed by atoms with Gasteiger partial charge in [-0.1, -0.05) is 0 Å². The van der Waals surface area contributed by atoms with E-state index in [1.54, 1.807) is 19.1 Å². The molecule has 26 heavy (non-hydrogen) atoms. The maximum atomic E-state index is 11.5. The third kappa shape index (κ3) is 4.47. The molecule has 2 aromatic rings. The number of aromatic nitrogens is 2. The molecule has 3 rings (SSSR count). The highest BCUT2D eigenvalue weighted by Gasteiger charge is 2.28. The fourth-order valence-corrected chi connectivity index (χ4v) is 4.01. The molecule has 0 saturated heterocycles. The molecule has 0 radical (unpaired) electrons. The van der Waals surface area contributed by atoms with Crippen LogP contribution in [0.1, 0.15) is 43.7 Å². The molecule has 1 saturated carbocycles. The van der Waals surface area contributed by atoms with Crippen LogP contribution in [-0.2, 0) is 11.2 Å². The number of alkyl halides is 1. The molecule has 4 nitrogen and oxygen atoms in total. The van der Waals surface area contributed by atoms with E-state index in [4.69, 9.17) is 16.9 Å². The molecule has 1 unspecified atom stereocenters. The lowest BCUT2D eigenvalue weighted by Crippen LogP contribution is -2.26. The second kappa shape index (κ2) is 8.42. The number of nitriles is 1. The molecule has 1 heterocycles. The molecule has 134 valence electrons. The van der Waals surface area contributed by atoms with Gasteiger partial charge in [-0.05, 0) is 74.8 Å². The first-order chi connectivity index (χ1) is 12.6. The van der Waals surface area contributed by atoms with Crippen LogP contribution in [0.25, 0.3) is 11.4 Å². The average Bonchev–Trinajstić information content (AvgIpc) is 2.68. The maximum Gasteiger partial charge on any atom is 0.159 e. The van der Waals surface area contributed by atoms with E-state index in [2.05, 4.69) is 16.0 Å². The van der Waals surface area contributed by atoms with Crippen LogP contribution in [0.3, 0.4) is 0 Å². The number of carbonyl (C=O) groups is 1. The minimum Gasteiger partial charge on any atom is -0.300 e. The molecule has 1 aliphatic carbocycles. The SMILES string of the molecule is CC(=O)C1CCC(C(Cl)Cc2cnc(-c3ccc(C#N)cc3)nc2)CC1. The van der Waals surface area contributed by atoms with Crippen molar-refractivity contribution in [3.8, 4) is 17.5 Å². The summed E-state index contributed by atoms with van der Waals surface area (Å²) in [4.78, 5) is 20.4. The van der Waals surface area contributed by atoms with E-state index in [1.807, 2.05) is 24.5 Å². The predicted molar refractivity (Wildman–Crippen MR) is 102 cm³/mol. The highest BCUT2D eigenvalue weighted by atomic mass is 35.5. The van der Waals surface area contributed by atoms with Gasteiger partial charge in [-0.2, -0.15) is 5.26 Å². The molecule has 1 fully saturated rings. The Morgan fingerprint density at radius 2 is 1.81 bits per heavy atom. The molecular formula is C21H22ClN3O. The van der Waals surface area contributed by atoms with E-state index in [9.17, 15) is 4.79 Å². The molecule has 5 heteroatoms. The molecular weight excluding hydrogens is 346 g/mol. The van der Waals surface area contributed by atoms with Gasteiger partial charge in [0.05, 0.1) is 11.6 Å². The molecule has 0 amide bonds. The van der Waals surface area contributed by atoms with Gasteiger partial charge < -0.3 is 0 Å². The van der Waals surface area contributed by atoms with Gasteiger partial charge in [0.25, 0.3) is 0 Å². The van der Waals surface area contributed by atoms with Gasteiger partial charge in [-0.3, -0.25) is 4.79 Å². The Balaban J connectivity index is 1.58. The summed E-state index contributed by atoms with van der Waals surface area (Å²) in [5.41, 5.74) is 2.53. The minimum absolute atomic E-state index is 0.0484. The van der Waals surface area contributed by atoms with Crippen molar-refractivity contribution in [2.45, 2.75) is 44.4 Å². The molecule has 1 aromatic heterocycles. The van der Waals surface area contributed by atoms with Crippen LogP contribution in [0.5, 0.6) is 0 Å². The summed E-state index contributed by atoms with van der Waals surface area (Å²) in [7, 11) is 0. The minimum atomic E-state index is 0.0484. The predicted octanol–water partition coefficient (Wildman–Crippen LogP) is 4.56. The number of Topliss-reactive ketones (excluding diaryl/α,β-unsaturated/α-hetero) is 1. The van der Waals surface area contributed by atoms with Crippen molar-refractivity contribution in [2.24, 2.45) is 11.8 Å². The highest BCUT2D eigenvalue weighted by Crippen LogP contribution is 2.34. The summed E-state index contributed by atoms with van der Waals surface area (Å²) in [6, 6.07) is 9.33. The van der Waals surface area contributed by atoms with Crippen LogP contribution in [0.4, 0.5) is 0 Å². The van der Waals surface area contributed by atoms with Crippen molar-refractivity contribution in [2.75, 3.05) is 0 Å². The maximum absolute atomic E-state index is 11.5. The zero-order valence-corrected chi connectivity index (χ0v) is 15.6. The van der Waals surface area contributed by atoms with Gasteiger partial charge in [-0.15, -0.1) is 11.6 Å². The monoisotopic (exact) mass is 367 g/mol. The Kier molecular flexibility index (Phi) is 6.00. The van der Waals surface area contributed by atoms with Crippen molar-refractivity contribution >= 4 is 17.4 Å². The van der Waals surface area contributed by atoms with Crippen molar-refractivity contribution in [1.82, 2.24) is 9.97 Å². The summed E-state index contributed by atoms with van der Waals surface area (Å²) < 4.78 is 0. The van der Waals surface area contributed by atoms with Gasteiger partial charge in [0.2, 0.25) is 0 Å². The van der Waals surface area contributed by atoms with Gasteiger partial charge >= 0.3 is 0 Å². The van der Waals surface area contributed by atoms with Crippen molar-refractivity contribution < 1.29 is 4.79 Å². The van der Waals surface area contributed by atoms with Crippen LogP contribution in [0, 0.1) is 23.2 Å². The second-order valence-corrected chi connectivity index (χ2v) is 7.61. The Labute approximate surface area is 159 Å². The van der Waals surface area contributed by atoms with Crippen molar-refractivity contribution in [3.63, 3.8) is 0 Å². The molecule has 1 aromatic carbocycles. The number of ketones is 1. The van der Waals surface area contributed by atoms with Gasteiger partial charge in [0.15, 0.2) is 5.82 Å². The number of hydrogen-bond donors (Lipinski definition) is 0. The van der Waals surface area contributed by atoms with Crippen LogP contribution in [-0.4, -0.2) is 21.1 Å². The third-order valence-corrected chi connectivity index (χ3v) is 5.78. The fourth-order valence-electron chi connectivity index (χ4n) is 3.58. The van der Waals surface area contributed by atoms with E-state index in [0.29, 0.717) is 23.1 Å². The zero-order valence-electron chi connectivity index (χ0n) is 14.9. The Morgan fingerprint density at radius 3 is 2.35 bits per heavy atom. The molecule has 0 N–H and O–H groups in total. The first kappa shape index (κ1) is 18.5. The lowest BCUT2D eigenvalue weighted by Gasteiger charge is -2.30. The summed E-state index contributed by atoms with van der Waals surface area (Å²) >= 11 is 6.64. The lowest BCUT2D eigenvalue weighted by molar-refractivity contribution is -0.121. The molecule has 0 spiro atoms. The van der Waals surface area contributed by atoms with Crippen molar-refractivity contribution in [1.29, 1.82) is 5.26 Å². The smallest absolute Gasteiger partial charge is 0.159 e. The Bertz CT molecular complexity index is 788. The van der Waals surface area contributed by atoms with E-state index in [1.165, 1.54) is 0 Å². The largest absolute Gasteiger partial charge is 0.300 e. The second-order valence-electron chi connectivity index (χ2n) is 7.05. The first-order valence-corrected chi connectivity index (χ1v) is 9.46. The first-order valence-electron chi connectivity index (χ1n) is 9.03.